The van der Waals surface area contributed by atoms with Crippen molar-refractivity contribution in [3.63, 3.8) is 0 Å². The zero-order valence-corrected chi connectivity index (χ0v) is 24.8. The highest BCUT2D eigenvalue weighted by Crippen LogP contribution is 2.25. The molecule has 1 atom stereocenters. The number of carbonyl (C=O) groups is 3. The first-order valence-electron chi connectivity index (χ1n) is 15.0. The van der Waals surface area contributed by atoms with Crippen molar-refractivity contribution in [2.75, 3.05) is 26.2 Å². The van der Waals surface area contributed by atoms with E-state index in [9.17, 15) is 14.4 Å². The molecule has 1 aliphatic heterocycles. The van der Waals surface area contributed by atoms with Gasteiger partial charge in [-0.3, -0.25) is 19.1 Å². The second kappa shape index (κ2) is 13.2. The number of rotatable bonds is 3. The summed E-state index contributed by atoms with van der Waals surface area (Å²) in [5.41, 5.74) is 3.40. The number of nitrogens with zero attached hydrogens (tertiary/aromatic N) is 5. The molecule has 2 aromatic heterocycles. The Hall–Kier alpha value is -4.15. The molecule has 0 fully saturated rings. The topological polar surface area (TPSA) is 123 Å². The van der Waals surface area contributed by atoms with Gasteiger partial charge in [0, 0.05) is 50.2 Å². The van der Waals surface area contributed by atoms with Crippen molar-refractivity contribution in [1.29, 1.82) is 0 Å². The molecule has 1 aromatic carbocycles. The molecule has 0 radical (unpaired) electrons. The number of carbonyl (C=O) groups excluding carboxylic acids is 3. The van der Waals surface area contributed by atoms with Crippen LogP contribution in [-0.4, -0.2) is 74.2 Å². The van der Waals surface area contributed by atoms with Gasteiger partial charge >= 0.3 is 0 Å². The molecule has 0 spiro atoms. The summed E-state index contributed by atoms with van der Waals surface area (Å²) >= 11 is 0. The molecule has 1 aliphatic carbocycles. The number of benzene rings is 1. The summed E-state index contributed by atoms with van der Waals surface area (Å²) in [6, 6.07) is 7.03. The molecule has 224 valence electrons. The maximum Gasteiger partial charge on any atom is 0.272 e. The number of aromatic nitrogens is 4. The van der Waals surface area contributed by atoms with Crippen LogP contribution in [0.25, 0.3) is 11.4 Å². The lowest BCUT2D eigenvalue weighted by Crippen LogP contribution is -2.51. The van der Waals surface area contributed by atoms with Crippen LogP contribution in [0.4, 0.5) is 0 Å². The van der Waals surface area contributed by atoms with Crippen LogP contribution < -0.4 is 15.4 Å². The standard InChI is InChI=1S/C31H41N7O4/c1-21(2)18-26-30(40)33-13-16-37-15-12-32-29(37)22-8-6-9-23(19-22)42-17-7-14-38(20-27(39)34-26)31(41)28-24-10-4-5-11-25(24)35-36(28)3/h6,8-9,12,15,19,21,26H,4-5,7,10-11,13-14,16-18,20H2,1-3H3,(H,33,40)(H,34,39)/t26-/m1/s1. The third kappa shape index (κ3) is 6.83. The molecule has 0 saturated heterocycles. The SMILES string of the molecule is CC(C)C[C@H]1NC(=O)CN(C(=O)c2c3c(nn2C)CCCC3)CCCOc2cccc(c2)-c2nccn2CCNC1=O. The molecular weight excluding hydrogens is 534 g/mol. The normalized spacial score (nSPS) is 18.7. The van der Waals surface area contributed by atoms with Crippen molar-refractivity contribution in [1.82, 2.24) is 34.9 Å². The van der Waals surface area contributed by atoms with Gasteiger partial charge in [-0.15, -0.1) is 0 Å². The van der Waals surface area contributed by atoms with Gasteiger partial charge in [0.05, 0.1) is 18.8 Å². The van der Waals surface area contributed by atoms with Crippen molar-refractivity contribution in [2.45, 2.75) is 65.0 Å². The Bertz CT molecular complexity index is 1430. The quantitative estimate of drug-likeness (QED) is 0.495. The third-order valence-electron chi connectivity index (χ3n) is 7.80. The van der Waals surface area contributed by atoms with Crippen molar-refractivity contribution >= 4 is 17.7 Å². The van der Waals surface area contributed by atoms with Gasteiger partial charge in [0.25, 0.3) is 5.91 Å². The minimum absolute atomic E-state index is 0.158. The average Bonchev–Trinajstić information content (AvgIpc) is 3.56. The molecule has 11 heteroatoms. The largest absolute Gasteiger partial charge is 0.494 e. The summed E-state index contributed by atoms with van der Waals surface area (Å²) in [4.78, 5) is 46.6. The van der Waals surface area contributed by atoms with Crippen LogP contribution in [-0.2, 0) is 36.0 Å². The molecule has 2 aliphatic rings. The number of amides is 3. The molecule has 3 amide bonds. The van der Waals surface area contributed by atoms with Gasteiger partial charge in [-0.25, -0.2) is 4.98 Å². The third-order valence-corrected chi connectivity index (χ3v) is 7.80. The van der Waals surface area contributed by atoms with Crippen LogP contribution >= 0.6 is 0 Å². The molecule has 3 heterocycles. The zero-order chi connectivity index (χ0) is 29.6. The van der Waals surface area contributed by atoms with E-state index in [0.717, 1.165) is 48.3 Å². The lowest BCUT2D eigenvalue weighted by atomic mass is 9.95. The van der Waals surface area contributed by atoms with Crippen LogP contribution in [0.5, 0.6) is 5.75 Å². The number of nitrogens with one attached hydrogen (secondary N) is 2. The Labute approximate surface area is 246 Å². The lowest BCUT2D eigenvalue weighted by molar-refractivity contribution is -0.129. The number of hydrogen-bond donors (Lipinski definition) is 2. The van der Waals surface area contributed by atoms with Gasteiger partial charge in [-0.2, -0.15) is 5.10 Å². The summed E-state index contributed by atoms with van der Waals surface area (Å²) in [7, 11) is 1.79. The highest BCUT2D eigenvalue weighted by Gasteiger charge is 2.30. The maximum absolute atomic E-state index is 13.9. The summed E-state index contributed by atoms with van der Waals surface area (Å²) in [5.74, 6) is 0.822. The van der Waals surface area contributed by atoms with Crippen LogP contribution in [0.2, 0.25) is 0 Å². The molecule has 5 rings (SSSR count). The Morgan fingerprint density at radius 1 is 1.14 bits per heavy atom. The highest BCUT2D eigenvalue weighted by atomic mass is 16.5. The zero-order valence-electron chi connectivity index (χ0n) is 24.8. The monoisotopic (exact) mass is 575 g/mol. The molecule has 2 N–H and O–H groups in total. The van der Waals surface area contributed by atoms with Gasteiger partial charge in [-0.05, 0) is 56.6 Å². The maximum atomic E-state index is 13.9. The fraction of sp³-hybridized carbons (Fsp3) is 0.516. The summed E-state index contributed by atoms with van der Waals surface area (Å²) in [6.45, 7) is 5.44. The van der Waals surface area contributed by atoms with E-state index in [4.69, 9.17) is 4.74 Å². The smallest absolute Gasteiger partial charge is 0.272 e. The van der Waals surface area contributed by atoms with Crippen molar-refractivity contribution in [2.24, 2.45) is 13.0 Å². The minimum Gasteiger partial charge on any atom is -0.494 e. The van der Waals surface area contributed by atoms with Crippen LogP contribution in [0.1, 0.15) is 61.3 Å². The van der Waals surface area contributed by atoms with E-state index >= 15 is 0 Å². The fourth-order valence-electron chi connectivity index (χ4n) is 5.81. The van der Waals surface area contributed by atoms with E-state index in [1.165, 1.54) is 0 Å². The second-order valence-corrected chi connectivity index (χ2v) is 11.5. The van der Waals surface area contributed by atoms with Crippen molar-refractivity contribution < 1.29 is 19.1 Å². The predicted molar refractivity (Wildman–Crippen MR) is 158 cm³/mol. The number of ether oxygens (including phenoxy) is 1. The van der Waals surface area contributed by atoms with Crippen LogP contribution in [0, 0.1) is 5.92 Å². The first-order valence-corrected chi connectivity index (χ1v) is 15.0. The second-order valence-electron chi connectivity index (χ2n) is 11.5. The van der Waals surface area contributed by atoms with Crippen molar-refractivity contribution in [3.8, 4) is 17.1 Å². The number of hydrogen-bond acceptors (Lipinski definition) is 6. The molecule has 0 unspecified atom stereocenters. The highest BCUT2D eigenvalue weighted by molar-refractivity contribution is 5.97. The van der Waals surface area contributed by atoms with Gasteiger partial charge in [0.15, 0.2) is 0 Å². The van der Waals surface area contributed by atoms with E-state index in [-0.39, 0.29) is 30.2 Å². The van der Waals surface area contributed by atoms with Crippen LogP contribution in [0.15, 0.2) is 36.7 Å². The molecule has 42 heavy (non-hydrogen) atoms. The summed E-state index contributed by atoms with van der Waals surface area (Å²) in [6.07, 6.45) is 8.36. The Kier molecular flexibility index (Phi) is 9.24. The predicted octanol–water partition coefficient (Wildman–Crippen LogP) is 2.73. The first kappa shape index (κ1) is 29.3. The Balaban J connectivity index is 1.41. The minimum atomic E-state index is -0.708. The lowest BCUT2D eigenvalue weighted by Gasteiger charge is -2.26. The van der Waals surface area contributed by atoms with Crippen molar-refractivity contribution in [3.05, 3.63) is 53.6 Å². The van der Waals surface area contributed by atoms with E-state index in [2.05, 4.69) is 20.7 Å². The number of fused-ring (bicyclic) bond motifs is 5. The van der Waals surface area contributed by atoms with E-state index < -0.39 is 6.04 Å². The Morgan fingerprint density at radius 2 is 1.98 bits per heavy atom. The average molecular weight is 576 g/mol. The summed E-state index contributed by atoms with van der Waals surface area (Å²) in [5, 5.41) is 10.5. The van der Waals surface area contributed by atoms with Gasteiger partial charge in [0.2, 0.25) is 11.8 Å². The van der Waals surface area contributed by atoms with Gasteiger partial charge in [0.1, 0.15) is 23.3 Å². The van der Waals surface area contributed by atoms with Gasteiger partial charge < -0.3 is 24.8 Å². The molecule has 11 nitrogen and oxygen atoms in total. The fourth-order valence-corrected chi connectivity index (χ4v) is 5.81. The molecule has 0 saturated carbocycles. The summed E-state index contributed by atoms with van der Waals surface area (Å²) < 4.78 is 9.71. The molecular formula is C31H41N7O4. The van der Waals surface area contributed by atoms with E-state index in [1.54, 1.807) is 22.8 Å². The molecule has 2 bridgehead atoms. The van der Waals surface area contributed by atoms with Crippen LogP contribution in [0.3, 0.4) is 0 Å². The van der Waals surface area contributed by atoms with E-state index in [1.807, 2.05) is 48.9 Å². The number of aryl methyl sites for hydroxylation is 2. The van der Waals surface area contributed by atoms with Gasteiger partial charge in [-0.1, -0.05) is 26.0 Å². The number of imidazole rings is 1. The first-order chi connectivity index (χ1) is 20.3. The molecule has 3 aromatic rings. The van der Waals surface area contributed by atoms with E-state index in [0.29, 0.717) is 50.5 Å². The Morgan fingerprint density at radius 3 is 2.81 bits per heavy atom.